The molecular formula is C24H25N7O3. The molecule has 0 bridgehead atoms. The Balaban J connectivity index is 1.30. The first kappa shape index (κ1) is 22.0. The second-order valence-corrected chi connectivity index (χ2v) is 9.75. The van der Waals surface area contributed by atoms with E-state index in [0.29, 0.717) is 47.8 Å². The zero-order valence-electron chi connectivity index (χ0n) is 19.5. The second-order valence-electron chi connectivity index (χ2n) is 9.75. The number of aliphatic imine (C=N–C) groups is 1. The van der Waals surface area contributed by atoms with E-state index in [2.05, 4.69) is 56.2 Å². The van der Waals surface area contributed by atoms with E-state index in [9.17, 15) is 9.59 Å². The maximum atomic E-state index is 13.0. The van der Waals surface area contributed by atoms with Crippen molar-refractivity contribution in [3.8, 4) is 0 Å². The van der Waals surface area contributed by atoms with Gasteiger partial charge in [0, 0.05) is 42.2 Å². The van der Waals surface area contributed by atoms with E-state index >= 15 is 0 Å². The van der Waals surface area contributed by atoms with Gasteiger partial charge in [-0.3, -0.25) is 9.59 Å². The van der Waals surface area contributed by atoms with Gasteiger partial charge in [0.2, 0.25) is 5.91 Å². The van der Waals surface area contributed by atoms with Gasteiger partial charge in [0.1, 0.15) is 40.8 Å². The molecule has 0 saturated carbocycles. The smallest absolute Gasteiger partial charge is 0.225 e. The Labute approximate surface area is 196 Å². The van der Waals surface area contributed by atoms with E-state index in [-0.39, 0.29) is 29.4 Å². The minimum absolute atomic E-state index is 0.107. The van der Waals surface area contributed by atoms with Gasteiger partial charge in [0.25, 0.3) is 0 Å². The van der Waals surface area contributed by atoms with Gasteiger partial charge in [0.15, 0.2) is 5.78 Å². The SMILES string of the molecule is C[C@@H](CC(=O)c1ncnc2c1CCC(=O)N2)c1cc(C2=Nc3cnc(C(C)(C)C)nc3C2)no1. The number of ketones is 1. The summed E-state index contributed by atoms with van der Waals surface area (Å²) in [5, 5.41) is 6.89. The molecule has 0 fully saturated rings. The number of anilines is 1. The molecule has 2 aliphatic heterocycles. The van der Waals surface area contributed by atoms with Crippen molar-refractivity contribution in [2.75, 3.05) is 5.32 Å². The Hall–Kier alpha value is -3.82. The third-order valence-electron chi connectivity index (χ3n) is 5.98. The minimum Gasteiger partial charge on any atom is -0.360 e. The van der Waals surface area contributed by atoms with E-state index in [1.807, 2.05) is 13.0 Å². The number of aromatic nitrogens is 5. The molecule has 0 unspecified atom stereocenters. The highest BCUT2D eigenvalue weighted by molar-refractivity contribution is 6.04. The summed E-state index contributed by atoms with van der Waals surface area (Å²) in [6, 6.07) is 1.83. The third kappa shape index (κ3) is 4.11. The van der Waals surface area contributed by atoms with Crippen LogP contribution >= 0.6 is 0 Å². The zero-order chi connectivity index (χ0) is 24.0. The average Bonchev–Trinajstić information content (AvgIpc) is 3.44. The molecule has 3 aromatic rings. The van der Waals surface area contributed by atoms with Crippen LogP contribution in [0.25, 0.3) is 0 Å². The monoisotopic (exact) mass is 459 g/mol. The summed E-state index contributed by atoms with van der Waals surface area (Å²) < 4.78 is 5.57. The maximum Gasteiger partial charge on any atom is 0.225 e. The fraction of sp³-hybridized carbons (Fsp3) is 0.417. The lowest BCUT2D eigenvalue weighted by atomic mass is 9.95. The number of nitrogens with one attached hydrogen (secondary N) is 1. The Bertz CT molecular complexity index is 1340. The molecule has 5 heterocycles. The Kier molecular flexibility index (Phi) is 5.30. The molecule has 1 atom stereocenters. The fourth-order valence-electron chi connectivity index (χ4n) is 4.05. The first-order valence-electron chi connectivity index (χ1n) is 11.3. The zero-order valence-corrected chi connectivity index (χ0v) is 19.5. The number of carbonyl (C=O) groups is 2. The lowest BCUT2D eigenvalue weighted by Gasteiger charge is -2.17. The summed E-state index contributed by atoms with van der Waals surface area (Å²) in [7, 11) is 0. The van der Waals surface area contributed by atoms with E-state index < -0.39 is 0 Å². The molecule has 34 heavy (non-hydrogen) atoms. The summed E-state index contributed by atoms with van der Waals surface area (Å²) in [5.41, 5.74) is 3.91. The number of Topliss-reactive ketones (excluding diaryl/α,β-unsaturated/α-hetero) is 1. The number of nitrogens with zero attached hydrogens (tertiary/aromatic N) is 6. The number of carbonyl (C=O) groups excluding carboxylic acids is 2. The number of rotatable bonds is 5. The Morgan fingerprint density at radius 2 is 2.03 bits per heavy atom. The van der Waals surface area contributed by atoms with Crippen molar-refractivity contribution in [3.05, 3.63) is 52.8 Å². The molecule has 1 N–H and O–H groups in total. The van der Waals surface area contributed by atoms with Crippen LogP contribution in [0.1, 0.15) is 85.5 Å². The predicted molar refractivity (Wildman–Crippen MR) is 123 cm³/mol. The van der Waals surface area contributed by atoms with Crippen molar-refractivity contribution < 1.29 is 14.1 Å². The summed E-state index contributed by atoms with van der Waals surface area (Å²) in [6.07, 6.45) is 4.57. The lowest BCUT2D eigenvalue weighted by Crippen LogP contribution is -2.23. The summed E-state index contributed by atoms with van der Waals surface area (Å²) in [5.74, 6) is 1.34. The van der Waals surface area contributed by atoms with Crippen molar-refractivity contribution >= 4 is 28.9 Å². The van der Waals surface area contributed by atoms with E-state index in [0.717, 1.165) is 22.9 Å². The van der Waals surface area contributed by atoms with Crippen LogP contribution in [0, 0.1) is 0 Å². The molecule has 1 amide bonds. The van der Waals surface area contributed by atoms with Gasteiger partial charge in [-0.05, 0) is 6.42 Å². The molecule has 0 aromatic carbocycles. The molecule has 2 aliphatic rings. The van der Waals surface area contributed by atoms with Crippen molar-refractivity contribution in [1.29, 1.82) is 0 Å². The molecule has 10 nitrogen and oxygen atoms in total. The number of amides is 1. The first-order chi connectivity index (χ1) is 16.2. The van der Waals surface area contributed by atoms with Crippen molar-refractivity contribution in [2.24, 2.45) is 4.99 Å². The van der Waals surface area contributed by atoms with Crippen molar-refractivity contribution in [1.82, 2.24) is 25.1 Å². The minimum atomic E-state index is -0.214. The van der Waals surface area contributed by atoms with Gasteiger partial charge in [0.05, 0.1) is 17.6 Å². The van der Waals surface area contributed by atoms with Crippen LogP contribution in [0.15, 0.2) is 28.1 Å². The van der Waals surface area contributed by atoms with Crippen LogP contribution < -0.4 is 5.32 Å². The summed E-state index contributed by atoms with van der Waals surface area (Å²) in [6.45, 7) is 8.13. The molecular weight excluding hydrogens is 434 g/mol. The summed E-state index contributed by atoms with van der Waals surface area (Å²) >= 11 is 0. The van der Waals surface area contributed by atoms with E-state index in [4.69, 9.17) is 4.52 Å². The maximum absolute atomic E-state index is 13.0. The number of hydrogen-bond donors (Lipinski definition) is 1. The standard InChI is InChI=1S/C24H25N7O3/c1-12(7-18(32)21-13-5-6-20(33)30-22(13)27-11-26-21)19-9-16(31-34-19)14-8-15-17(28-14)10-25-23(29-15)24(2,3)4/h9-12H,5-8H2,1-4H3,(H,26,27,30,33)/t12-/m0/s1. The molecule has 10 heteroatoms. The van der Waals surface area contributed by atoms with Crippen LogP contribution in [0.2, 0.25) is 0 Å². The van der Waals surface area contributed by atoms with Crippen LogP contribution in [-0.2, 0) is 23.1 Å². The van der Waals surface area contributed by atoms with Gasteiger partial charge < -0.3 is 9.84 Å². The second kappa shape index (κ2) is 8.19. The summed E-state index contributed by atoms with van der Waals surface area (Å²) in [4.78, 5) is 46.7. The fourth-order valence-corrected chi connectivity index (χ4v) is 4.05. The van der Waals surface area contributed by atoms with Gasteiger partial charge in [-0.25, -0.2) is 24.9 Å². The largest absolute Gasteiger partial charge is 0.360 e. The molecule has 0 saturated heterocycles. The van der Waals surface area contributed by atoms with Gasteiger partial charge in [-0.15, -0.1) is 0 Å². The predicted octanol–water partition coefficient (Wildman–Crippen LogP) is 3.49. The highest BCUT2D eigenvalue weighted by atomic mass is 16.5. The highest BCUT2D eigenvalue weighted by Crippen LogP contribution is 2.31. The average molecular weight is 460 g/mol. The third-order valence-corrected chi connectivity index (χ3v) is 5.98. The van der Waals surface area contributed by atoms with Crippen LogP contribution in [0.5, 0.6) is 0 Å². The molecule has 174 valence electrons. The lowest BCUT2D eigenvalue weighted by molar-refractivity contribution is -0.116. The van der Waals surface area contributed by atoms with Gasteiger partial charge in [-0.1, -0.05) is 32.9 Å². The molecule has 5 rings (SSSR count). The number of fused-ring (bicyclic) bond motifs is 2. The van der Waals surface area contributed by atoms with Crippen molar-refractivity contribution in [3.63, 3.8) is 0 Å². The Morgan fingerprint density at radius 1 is 1.21 bits per heavy atom. The van der Waals surface area contributed by atoms with E-state index in [1.54, 1.807) is 6.20 Å². The number of hydrogen-bond acceptors (Lipinski definition) is 9. The topological polar surface area (TPSA) is 136 Å². The van der Waals surface area contributed by atoms with Crippen LogP contribution in [-0.4, -0.2) is 42.5 Å². The molecule has 3 aromatic heterocycles. The van der Waals surface area contributed by atoms with Gasteiger partial charge in [-0.2, -0.15) is 0 Å². The van der Waals surface area contributed by atoms with Crippen molar-refractivity contribution in [2.45, 2.75) is 64.7 Å². The normalized spacial score (nSPS) is 15.9. The van der Waals surface area contributed by atoms with E-state index in [1.165, 1.54) is 6.33 Å². The molecule has 0 spiro atoms. The van der Waals surface area contributed by atoms with Gasteiger partial charge >= 0.3 is 0 Å². The highest BCUT2D eigenvalue weighted by Gasteiger charge is 2.28. The van der Waals surface area contributed by atoms with Crippen LogP contribution in [0.4, 0.5) is 11.5 Å². The molecule has 0 radical (unpaired) electrons. The quantitative estimate of drug-likeness (QED) is 0.573. The molecule has 0 aliphatic carbocycles. The first-order valence-corrected chi connectivity index (χ1v) is 11.3. The Morgan fingerprint density at radius 3 is 2.82 bits per heavy atom. The van der Waals surface area contributed by atoms with Crippen LogP contribution in [0.3, 0.4) is 0 Å².